The van der Waals surface area contributed by atoms with Crippen molar-refractivity contribution in [1.29, 1.82) is 0 Å². The minimum atomic E-state index is -0.833. The molecule has 2 amide bonds. The average Bonchev–Trinajstić information content (AvgIpc) is 2.95. The second-order valence-electron chi connectivity index (χ2n) is 4.06. The second-order valence-corrected chi connectivity index (χ2v) is 4.06. The van der Waals surface area contributed by atoms with Gasteiger partial charge in [0.1, 0.15) is 0 Å². The van der Waals surface area contributed by atoms with Gasteiger partial charge in [-0.25, -0.2) is 4.79 Å². The van der Waals surface area contributed by atoms with E-state index in [0.717, 1.165) is 19.1 Å². The minimum Gasteiger partial charge on any atom is -0.373 e. The van der Waals surface area contributed by atoms with E-state index in [1.165, 1.54) is 19.3 Å². The lowest BCUT2D eigenvalue weighted by Crippen LogP contribution is -2.18. The SMILES string of the molecule is CCC(CC1CO1)CC1CO1.NC(N)=O. The number of epoxide rings is 2. The normalized spacial score (nSPS) is 28.6. The molecule has 5 heteroatoms. The van der Waals surface area contributed by atoms with Gasteiger partial charge in [0.15, 0.2) is 0 Å². The molecular formula is C10H20N2O3. The van der Waals surface area contributed by atoms with Crippen LogP contribution < -0.4 is 11.5 Å². The molecule has 5 nitrogen and oxygen atoms in total. The van der Waals surface area contributed by atoms with Crippen LogP contribution in [0.5, 0.6) is 0 Å². The number of hydrogen-bond acceptors (Lipinski definition) is 3. The molecule has 2 atom stereocenters. The lowest BCUT2D eigenvalue weighted by Gasteiger charge is -2.10. The van der Waals surface area contributed by atoms with Crippen LogP contribution in [-0.4, -0.2) is 31.5 Å². The van der Waals surface area contributed by atoms with Gasteiger partial charge in [0.25, 0.3) is 0 Å². The molecule has 0 bridgehead atoms. The first kappa shape index (κ1) is 12.3. The Balaban J connectivity index is 0.000000245. The van der Waals surface area contributed by atoms with Crippen LogP contribution in [0.4, 0.5) is 4.79 Å². The Labute approximate surface area is 90.1 Å². The van der Waals surface area contributed by atoms with Crippen LogP contribution in [0, 0.1) is 5.92 Å². The average molecular weight is 216 g/mol. The fourth-order valence-corrected chi connectivity index (χ4v) is 1.58. The summed E-state index contributed by atoms with van der Waals surface area (Å²) in [5.74, 6) is 0.843. The molecule has 0 aliphatic carbocycles. The van der Waals surface area contributed by atoms with Crippen LogP contribution in [0.3, 0.4) is 0 Å². The van der Waals surface area contributed by atoms with Gasteiger partial charge in [-0.15, -0.1) is 0 Å². The third-order valence-corrected chi connectivity index (χ3v) is 2.57. The van der Waals surface area contributed by atoms with Crippen molar-refractivity contribution in [3.8, 4) is 0 Å². The molecule has 0 spiro atoms. The Morgan fingerprint density at radius 2 is 1.60 bits per heavy atom. The molecule has 0 aromatic carbocycles. The van der Waals surface area contributed by atoms with Crippen molar-refractivity contribution in [3.05, 3.63) is 0 Å². The van der Waals surface area contributed by atoms with Crippen LogP contribution in [0.2, 0.25) is 0 Å². The standard InChI is InChI=1S/C9H16O2.CH4N2O/c1-2-7(3-8-5-10-8)4-9-6-11-9;2-1(3)4/h7-9H,2-6H2,1H3;(H4,2,3,4). The number of hydrogen-bond donors (Lipinski definition) is 2. The molecule has 2 fully saturated rings. The zero-order valence-electron chi connectivity index (χ0n) is 9.15. The number of carbonyl (C=O) groups is 1. The van der Waals surface area contributed by atoms with E-state index in [1.807, 2.05) is 0 Å². The number of nitrogens with two attached hydrogens (primary N) is 2. The Kier molecular flexibility index (Phi) is 4.84. The zero-order valence-corrected chi connectivity index (χ0v) is 9.15. The van der Waals surface area contributed by atoms with E-state index in [4.69, 9.17) is 14.3 Å². The Morgan fingerprint density at radius 1 is 1.27 bits per heavy atom. The highest BCUT2D eigenvalue weighted by Crippen LogP contribution is 2.28. The highest BCUT2D eigenvalue weighted by Gasteiger charge is 2.30. The fourth-order valence-electron chi connectivity index (χ4n) is 1.58. The van der Waals surface area contributed by atoms with Crippen molar-refractivity contribution in [2.45, 2.75) is 38.4 Å². The van der Waals surface area contributed by atoms with Gasteiger partial charge >= 0.3 is 6.03 Å². The van der Waals surface area contributed by atoms with Gasteiger partial charge in [-0.05, 0) is 18.8 Å². The summed E-state index contributed by atoms with van der Waals surface area (Å²) < 4.78 is 10.4. The summed E-state index contributed by atoms with van der Waals surface area (Å²) in [4.78, 5) is 9.00. The number of rotatable bonds is 5. The number of carbonyl (C=O) groups excluding carboxylic acids is 1. The summed E-state index contributed by atoms with van der Waals surface area (Å²) in [5.41, 5.74) is 8.50. The third-order valence-electron chi connectivity index (χ3n) is 2.57. The monoisotopic (exact) mass is 216 g/mol. The van der Waals surface area contributed by atoms with Crippen molar-refractivity contribution < 1.29 is 14.3 Å². The molecule has 2 aliphatic rings. The van der Waals surface area contributed by atoms with Gasteiger partial charge in [-0.1, -0.05) is 13.3 Å². The van der Waals surface area contributed by atoms with Crippen LogP contribution in [-0.2, 0) is 9.47 Å². The van der Waals surface area contributed by atoms with Gasteiger partial charge in [-0.2, -0.15) is 0 Å². The zero-order chi connectivity index (χ0) is 11.3. The topological polar surface area (TPSA) is 94.2 Å². The summed E-state index contributed by atoms with van der Waals surface area (Å²) in [7, 11) is 0. The number of urea groups is 1. The highest BCUT2D eigenvalue weighted by atomic mass is 16.6. The molecule has 0 aromatic heterocycles. The van der Waals surface area contributed by atoms with Crippen molar-refractivity contribution in [1.82, 2.24) is 0 Å². The van der Waals surface area contributed by atoms with Gasteiger partial charge in [0.05, 0.1) is 25.4 Å². The smallest absolute Gasteiger partial charge is 0.309 e. The number of ether oxygens (including phenoxy) is 2. The molecule has 4 N–H and O–H groups in total. The lowest BCUT2D eigenvalue weighted by molar-refractivity contribution is 0.256. The van der Waals surface area contributed by atoms with E-state index in [0.29, 0.717) is 12.2 Å². The lowest BCUT2D eigenvalue weighted by atomic mass is 9.95. The van der Waals surface area contributed by atoms with E-state index >= 15 is 0 Å². The first-order chi connectivity index (χ1) is 7.11. The van der Waals surface area contributed by atoms with Gasteiger partial charge in [-0.3, -0.25) is 0 Å². The molecule has 2 heterocycles. The summed E-state index contributed by atoms with van der Waals surface area (Å²) in [6.45, 7) is 4.26. The van der Waals surface area contributed by atoms with Gasteiger partial charge < -0.3 is 20.9 Å². The maximum absolute atomic E-state index is 9.00. The number of amides is 2. The van der Waals surface area contributed by atoms with Crippen molar-refractivity contribution in [2.24, 2.45) is 17.4 Å². The molecule has 2 rings (SSSR count). The van der Waals surface area contributed by atoms with E-state index in [9.17, 15) is 0 Å². The van der Waals surface area contributed by atoms with Crippen molar-refractivity contribution in [3.63, 3.8) is 0 Å². The maximum atomic E-state index is 9.00. The molecule has 0 radical (unpaired) electrons. The second kappa shape index (κ2) is 5.92. The highest BCUT2D eigenvalue weighted by molar-refractivity contribution is 5.69. The number of primary amides is 2. The first-order valence-electron chi connectivity index (χ1n) is 5.40. The molecule has 15 heavy (non-hydrogen) atoms. The summed E-state index contributed by atoms with van der Waals surface area (Å²) in [5, 5.41) is 0. The maximum Gasteiger partial charge on any atom is 0.309 e. The molecular weight excluding hydrogens is 196 g/mol. The summed E-state index contributed by atoms with van der Waals surface area (Å²) >= 11 is 0. The Bertz CT molecular complexity index is 185. The van der Waals surface area contributed by atoms with Crippen LogP contribution in [0.25, 0.3) is 0 Å². The minimum absolute atomic E-state index is 0.596. The van der Waals surface area contributed by atoms with E-state index in [1.54, 1.807) is 0 Å². The van der Waals surface area contributed by atoms with E-state index < -0.39 is 6.03 Å². The van der Waals surface area contributed by atoms with Crippen LogP contribution >= 0.6 is 0 Å². The molecule has 2 unspecified atom stereocenters. The molecule has 0 saturated carbocycles. The van der Waals surface area contributed by atoms with Gasteiger partial charge in [0.2, 0.25) is 0 Å². The van der Waals surface area contributed by atoms with Gasteiger partial charge in [0, 0.05) is 0 Å². The predicted molar refractivity (Wildman–Crippen MR) is 56.3 cm³/mol. The van der Waals surface area contributed by atoms with Crippen LogP contribution in [0.1, 0.15) is 26.2 Å². The Morgan fingerprint density at radius 3 is 1.80 bits per heavy atom. The van der Waals surface area contributed by atoms with Crippen molar-refractivity contribution >= 4 is 6.03 Å². The fraction of sp³-hybridized carbons (Fsp3) is 0.900. The summed E-state index contributed by atoms with van der Waals surface area (Å²) in [6.07, 6.45) is 4.99. The third kappa shape index (κ3) is 7.16. The first-order valence-corrected chi connectivity index (χ1v) is 5.40. The summed E-state index contributed by atoms with van der Waals surface area (Å²) in [6, 6.07) is -0.833. The molecule has 88 valence electrons. The van der Waals surface area contributed by atoms with Crippen molar-refractivity contribution in [2.75, 3.05) is 13.2 Å². The largest absolute Gasteiger partial charge is 0.373 e. The van der Waals surface area contributed by atoms with E-state index in [2.05, 4.69) is 18.4 Å². The Hall–Kier alpha value is -0.810. The van der Waals surface area contributed by atoms with E-state index in [-0.39, 0.29) is 0 Å². The molecule has 0 aromatic rings. The van der Waals surface area contributed by atoms with Crippen LogP contribution in [0.15, 0.2) is 0 Å². The predicted octanol–water partition coefficient (Wildman–Crippen LogP) is 0.614. The quantitative estimate of drug-likeness (QED) is 0.659. The molecule has 2 saturated heterocycles. The molecule has 2 aliphatic heterocycles.